The molecule has 2 heteroatoms. The third-order valence-corrected chi connectivity index (χ3v) is 3.09. The van der Waals surface area contributed by atoms with Gasteiger partial charge in [0.15, 0.2) is 5.78 Å². The van der Waals surface area contributed by atoms with Crippen LogP contribution in [0.1, 0.15) is 78.6 Å². The highest BCUT2D eigenvalue weighted by Gasteiger charge is 2.13. The van der Waals surface area contributed by atoms with Crippen LogP contribution in [-0.2, 0) is 9.53 Å². The molecule has 0 aromatic rings. The second-order valence-corrected chi connectivity index (χ2v) is 4.88. The predicted molar refractivity (Wildman–Crippen MR) is 73.3 cm³/mol. The number of unbranched alkanes of at least 4 members (excludes halogenated alkanes) is 6. The summed E-state index contributed by atoms with van der Waals surface area (Å²) in [5, 5.41) is 0. The number of ether oxygens (including phenoxy) is 1. The second-order valence-electron chi connectivity index (χ2n) is 4.88. The molecule has 1 atom stereocenters. The van der Waals surface area contributed by atoms with Gasteiger partial charge < -0.3 is 4.74 Å². The van der Waals surface area contributed by atoms with Crippen molar-refractivity contribution >= 4 is 5.78 Å². The summed E-state index contributed by atoms with van der Waals surface area (Å²) in [6.45, 7) is 6.80. The zero-order valence-electron chi connectivity index (χ0n) is 12.0. The molecule has 0 fully saturated rings. The quantitative estimate of drug-likeness (QED) is 0.471. The summed E-state index contributed by atoms with van der Waals surface area (Å²) in [5.41, 5.74) is 0. The minimum atomic E-state index is -0.145. The lowest BCUT2D eigenvalue weighted by molar-refractivity contribution is -0.128. The molecule has 0 aliphatic carbocycles. The number of hydrogen-bond acceptors (Lipinski definition) is 2. The molecule has 0 N–H and O–H groups in total. The number of carbonyl (C=O) groups is 1. The molecule has 0 aromatic heterocycles. The highest BCUT2D eigenvalue weighted by atomic mass is 16.5. The number of hydrogen-bond donors (Lipinski definition) is 0. The average molecular weight is 242 g/mol. The molecule has 0 aliphatic heterocycles. The fourth-order valence-corrected chi connectivity index (χ4v) is 1.91. The summed E-state index contributed by atoms with van der Waals surface area (Å²) >= 11 is 0. The van der Waals surface area contributed by atoms with Gasteiger partial charge in [-0.2, -0.15) is 0 Å². The Morgan fingerprint density at radius 2 is 1.53 bits per heavy atom. The van der Waals surface area contributed by atoms with Crippen LogP contribution in [-0.4, -0.2) is 18.5 Å². The van der Waals surface area contributed by atoms with Crippen LogP contribution in [0.2, 0.25) is 0 Å². The van der Waals surface area contributed by atoms with E-state index < -0.39 is 0 Å². The fourth-order valence-electron chi connectivity index (χ4n) is 1.91. The van der Waals surface area contributed by atoms with E-state index in [-0.39, 0.29) is 11.9 Å². The van der Waals surface area contributed by atoms with Gasteiger partial charge in [0.25, 0.3) is 0 Å². The van der Waals surface area contributed by atoms with Crippen LogP contribution in [0, 0.1) is 0 Å². The fraction of sp³-hybridized carbons (Fsp3) is 0.933. The van der Waals surface area contributed by atoms with E-state index in [2.05, 4.69) is 13.8 Å². The number of ketones is 1. The first-order chi connectivity index (χ1) is 8.22. The summed E-state index contributed by atoms with van der Waals surface area (Å²) in [4.78, 5) is 11.4. The largest absolute Gasteiger partial charge is 0.370 e. The van der Waals surface area contributed by atoms with Gasteiger partial charge in [-0.25, -0.2) is 0 Å². The zero-order chi connectivity index (χ0) is 12.9. The molecular formula is C15H30O2. The van der Waals surface area contributed by atoms with Crippen LogP contribution in [0.5, 0.6) is 0 Å². The van der Waals surface area contributed by atoms with Crippen molar-refractivity contribution in [2.75, 3.05) is 6.61 Å². The van der Waals surface area contributed by atoms with Crippen LogP contribution >= 0.6 is 0 Å². The van der Waals surface area contributed by atoms with Gasteiger partial charge in [0.2, 0.25) is 0 Å². The van der Waals surface area contributed by atoms with E-state index in [0.717, 1.165) is 25.9 Å². The summed E-state index contributed by atoms with van der Waals surface area (Å²) in [7, 11) is 0. The summed E-state index contributed by atoms with van der Waals surface area (Å²) in [5.74, 6) is 0.192. The first kappa shape index (κ1) is 16.6. The third-order valence-electron chi connectivity index (χ3n) is 3.09. The first-order valence-corrected chi connectivity index (χ1v) is 7.34. The molecular weight excluding hydrogens is 212 g/mol. The van der Waals surface area contributed by atoms with Crippen LogP contribution < -0.4 is 0 Å². The Balaban J connectivity index is 3.57. The molecule has 0 spiro atoms. The normalized spacial score (nSPS) is 12.6. The second kappa shape index (κ2) is 12.1. The maximum atomic E-state index is 11.4. The van der Waals surface area contributed by atoms with Crippen molar-refractivity contribution in [3.05, 3.63) is 0 Å². The molecule has 0 amide bonds. The number of Topliss-reactive ketones (excluding diaryl/α,β-unsaturated/α-hetero) is 1. The number of rotatable bonds is 12. The van der Waals surface area contributed by atoms with Gasteiger partial charge >= 0.3 is 0 Å². The van der Waals surface area contributed by atoms with Gasteiger partial charge in [0.05, 0.1) is 0 Å². The van der Waals surface area contributed by atoms with Gasteiger partial charge in [0.1, 0.15) is 6.10 Å². The topological polar surface area (TPSA) is 26.3 Å². The van der Waals surface area contributed by atoms with Gasteiger partial charge in [-0.1, -0.05) is 58.8 Å². The summed E-state index contributed by atoms with van der Waals surface area (Å²) < 4.78 is 5.68. The molecule has 0 radical (unpaired) electrons. The molecule has 0 saturated heterocycles. The van der Waals surface area contributed by atoms with Crippen molar-refractivity contribution < 1.29 is 9.53 Å². The SMILES string of the molecule is CCCCCCOC(CCCCCC)C(C)=O. The lowest BCUT2D eigenvalue weighted by atomic mass is 10.1. The molecule has 0 heterocycles. The van der Waals surface area contributed by atoms with Crippen LogP contribution in [0.4, 0.5) is 0 Å². The molecule has 2 nitrogen and oxygen atoms in total. The molecule has 17 heavy (non-hydrogen) atoms. The Morgan fingerprint density at radius 3 is 2.06 bits per heavy atom. The van der Waals surface area contributed by atoms with Gasteiger partial charge in [-0.3, -0.25) is 4.79 Å². The molecule has 0 aliphatic rings. The van der Waals surface area contributed by atoms with E-state index in [1.54, 1.807) is 6.92 Å². The van der Waals surface area contributed by atoms with Crippen LogP contribution in [0.15, 0.2) is 0 Å². The molecule has 0 bridgehead atoms. The smallest absolute Gasteiger partial charge is 0.158 e. The summed E-state index contributed by atoms with van der Waals surface area (Å²) in [6.07, 6.45) is 10.4. The lowest BCUT2D eigenvalue weighted by Crippen LogP contribution is -2.22. The van der Waals surface area contributed by atoms with E-state index in [0.29, 0.717) is 0 Å². The zero-order valence-corrected chi connectivity index (χ0v) is 12.0. The monoisotopic (exact) mass is 242 g/mol. The molecule has 0 aromatic carbocycles. The van der Waals surface area contributed by atoms with Gasteiger partial charge in [0, 0.05) is 6.61 Å². The van der Waals surface area contributed by atoms with Crippen LogP contribution in [0.25, 0.3) is 0 Å². The number of carbonyl (C=O) groups excluding carboxylic acids is 1. The van der Waals surface area contributed by atoms with Gasteiger partial charge in [-0.05, 0) is 19.8 Å². The van der Waals surface area contributed by atoms with E-state index in [1.807, 2.05) is 0 Å². The van der Waals surface area contributed by atoms with E-state index >= 15 is 0 Å². The maximum Gasteiger partial charge on any atom is 0.158 e. The standard InChI is InChI=1S/C15H30O2/c1-4-6-8-10-12-15(14(3)16)17-13-11-9-7-5-2/h15H,4-13H2,1-3H3. The lowest BCUT2D eigenvalue weighted by Gasteiger charge is -2.14. The Morgan fingerprint density at radius 1 is 0.941 bits per heavy atom. The highest BCUT2D eigenvalue weighted by molar-refractivity contribution is 5.80. The van der Waals surface area contributed by atoms with Crippen LogP contribution in [0.3, 0.4) is 0 Å². The van der Waals surface area contributed by atoms with Crippen molar-refractivity contribution in [2.24, 2.45) is 0 Å². The van der Waals surface area contributed by atoms with Gasteiger partial charge in [-0.15, -0.1) is 0 Å². The average Bonchev–Trinajstić information content (AvgIpc) is 2.31. The van der Waals surface area contributed by atoms with Crippen molar-refractivity contribution in [3.63, 3.8) is 0 Å². The first-order valence-electron chi connectivity index (χ1n) is 7.34. The van der Waals surface area contributed by atoms with Crippen molar-refractivity contribution in [1.29, 1.82) is 0 Å². The van der Waals surface area contributed by atoms with E-state index in [1.165, 1.54) is 38.5 Å². The Kier molecular flexibility index (Phi) is 11.8. The minimum absolute atomic E-state index is 0.145. The van der Waals surface area contributed by atoms with Crippen molar-refractivity contribution in [2.45, 2.75) is 84.7 Å². The molecule has 0 saturated carbocycles. The molecule has 0 rings (SSSR count). The highest BCUT2D eigenvalue weighted by Crippen LogP contribution is 2.10. The summed E-state index contributed by atoms with van der Waals surface area (Å²) in [6, 6.07) is 0. The van der Waals surface area contributed by atoms with E-state index in [9.17, 15) is 4.79 Å². The molecule has 1 unspecified atom stereocenters. The maximum absolute atomic E-state index is 11.4. The van der Waals surface area contributed by atoms with Crippen molar-refractivity contribution in [3.8, 4) is 0 Å². The predicted octanol–water partition coefficient (Wildman–Crippen LogP) is 4.51. The minimum Gasteiger partial charge on any atom is -0.370 e. The third kappa shape index (κ3) is 10.5. The van der Waals surface area contributed by atoms with Crippen molar-refractivity contribution in [1.82, 2.24) is 0 Å². The Hall–Kier alpha value is -0.370. The van der Waals surface area contributed by atoms with E-state index in [4.69, 9.17) is 4.74 Å². The molecule has 102 valence electrons. The Bertz CT molecular complexity index is 178. The Labute approximate surface area is 107 Å².